The first-order valence-electron chi connectivity index (χ1n) is 5.77. The maximum absolute atomic E-state index is 13.5. The number of halogens is 1. The summed E-state index contributed by atoms with van der Waals surface area (Å²) in [5.74, 6) is 2.66. The molecule has 1 aromatic rings. The van der Waals surface area contributed by atoms with Crippen LogP contribution < -0.4 is 4.74 Å². The van der Waals surface area contributed by atoms with Crippen molar-refractivity contribution < 1.29 is 13.9 Å². The van der Waals surface area contributed by atoms with Crippen LogP contribution in [-0.2, 0) is 4.74 Å². The maximum Gasteiger partial charge on any atom is 0.170 e. The van der Waals surface area contributed by atoms with E-state index in [0.717, 1.165) is 26.1 Å². The number of rotatable bonds is 3. The number of hydrogen-bond acceptors (Lipinski definition) is 2. The second kappa shape index (κ2) is 5.70. The van der Waals surface area contributed by atoms with Crippen molar-refractivity contribution in [1.82, 2.24) is 0 Å². The van der Waals surface area contributed by atoms with Gasteiger partial charge in [-0.2, -0.15) is 0 Å². The van der Waals surface area contributed by atoms with Gasteiger partial charge in [0, 0.05) is 13.2 Å². The van der Waals surface area contributed by atoms with Crippen molar-refractivity contribution in [1.29, 1.82) is 0 Å². The number of hydrogen-bond donors (Lipinski definition) is 0. The van der Waals surface area contributed by atoms with E-state index in [0.29, 0.717) is 18.1 Å². The minimum atomic E-state index is -0.396. The van der Waals surface area contributed by atoms with Crippen LogP contribution in [0.1, 0.15) is 18.4 Å². The average Bonchev–Trinajstić information content (AvgIpc) is 2.38. The smallest absolute Gasteiger partial charge is 0.170 e. The Bertz CT molecular complexity index is 417. The molecule has 1 aromatic carbocycles. The van der Waals surface area contributed by atoms with Gasteiger partial charge in [0.15, 0.2) is 11.6 Å². The molecule has 1 aliphatic rings. The molecule has 1 aliphatic heterocycles. The van der Waals surface area contributed by atoms with E-state index in [9.17, 15) is 4.39 Å². The second-order valence-corrected chi connectivity index (χ2v) is 4.13. The van der Waals surface area contributed by atoms with Crippen molar-refractivity contribution in [2.45, 2.75) is 12.8 Å². The van der Waals surface area contributed by atoms with E-state index in [1.807, 2.05) is 0 Å². The Morgan fingerprint density at radius 3 is 2.88 bits per heavy atom. The van der Waals surface area contributed by atoms with Gasteiger partial charge in [-0.15, -0.1) is 6.42 Å². The molecule has 0 amide bonds. The molecule has 1 fully saturated rings. The van der Waals surface area contributed by atoms with E-state index in [1.165, 1.54) is 6.07 Å². The predicted molar refractivity (Wildman–Crippen MR) is 63.4 cm³/mol. The van der Waals surface area contributed by atoms with Crippen LogP contribution in [0.15, 0.2) is 18.2 Å². The Balaban J connectivity index is 2.00. The Kier molecular flexibility index (Phi) is 4.00. The van der Waals surface area contributed by atoms with Gasteiger partial charge in [-0.1, -0.05) is 12.0 Å². The molecule has 0 aliphatic carbocycles. The Hall–Kier alpha value is -1.53. The normalized spacial score (nSPS) is 16.5. The summed E-state index contributed by atoms with van der Waals surface area (Å²) in [7, 11) is 0. The van der Waals surface area contributed by atoms with Gasteiger partial charge < -0.3 is 9.47 Å². The van der Waals surface area contributed by atoms with Crippen LogP contribution in [-0.4, -0.2) is 19.8 Å². The number of benzene rings is 1. The average molecular weight is 234 g/mol. The van der Waals surface area contributed by atoms with Crippen molar-refractivity contribution in [3.05, 3.63) is 29.6 Å². The second-order valence-electron chi connectivity index (χ2n) is 4.13. The summed E-state index contributed by atoms with van der Waals surface area (Å²) in [6.45, 7) is 2.01. The number of terminal acetylenes is 1. The van der Waals surface area contributed by atoms with Crippen LogP contribution >= 0.6 is 0 Å². The third-order valence-electron chi connectivity index (χ3n) is 2.93. The van der Waals surface area contributed by atoms with Crippen molar-refractivity contribution in [3.8, 4) is 18.1 Å². The van der Waals surface area contributed by atoms with Crippen molar-refractivity contribution in [2.24, 2.45) is 5.92 Å². The molecular formula is C14H15FO2. The molecule has 3 heteroatoms. The molecule has 0 unspecified atom stereocenters. The minimum Gasteiger partial charge on any atom is -0.489 e. The minimum absolute atomic E-state index is 0.196. The first-order valence-corrected chi connectivity index (χ1v) is 5.77. The number of para-hydroxylation sites is 1. The van der Waals surface area contributed by atoms with Gasteiger partial charge in [-0.3, -0.25) is 0 Å². The monoisotopic (exact) mass is 234 g/mol. The Morgan fingerprint density at radius 2 is 2.18 bits per heavy atom. The fraction of sp³-hybridized carbons (Fsp3) is 0.429. The van der Waals surface area contributed by atoms with Crippen LogP contribution in [0.3, 0.4) is 0 Å². The van der Waals surface area contributed by atoms with E-state index in [1.54, 1.807) is 12.1 Å². The molecular weight excluding hydrogens is 219 g/mol. The van der Waals surface area contributed by atoms with Gasteiger partial charge in [-0.25, -0.2) is 4.39 Å². The van der Waals surface area contributed by atoms with Gasteiger partial charge >= 0.3 is 0 Å². The molecule has 0 N–H and O–H groups in total. The maximum atomic E-state index is 13.5. The molecule has 0 aromatic heterocycles. The summed E-state index contributed by atoms with van der Waals surface area (Å²) < 4.78 is 24.3. The van der Waals surface area contributed by atoms with Gasteiger partial charge in [0.1, 0.15) is 0 Å². The van der Waals surface area contributed by atoms with Gasteiger partial charge in [-0.05, 0) is 30.9 Å². The van der Waals surface area contributed by atoms with Gasteiger partial charge in [0.05, 0.1) is 12.2 Å². The fourth-order valence-corrected chi connectivity index (χ4v) is 1.88. The molecule has 0 spiro atoms. The Morgan fingerprint density at radius 1 is 1.41 bits per heavy atom. The van der Waals surface area contributed by atoms with Crippen LogP contribution in [0, 0.1) is 24.1 Å². The molecule has 1 heterocycles. The van der Waals surface area contributed by atoms with Crippen molar-refractivity contribution in [2.75, 3.05) is 19.8 Å². The highest BCUT2D eigenvalue weighted by atomic mass is 19.1. The molecule has 17 heavy (non-hydrogen) atoms. The van der Waals surface area contributed by atoms with E-state index in [4.69, 9.17) is 15.9 Å². The third kappa shape index (κ3) is 2.98. The molecule has 0 saturated carbocycles. The lowest BCUT2D eigenvalue weighted by Gasteiger charge is -2.22. The predicted octanol–water partition coefficient (Wildman–Crippen LogP) is 2.61. The molecule has 2 rings (SSSR count). The van der Waals surface area contributed by atoms with Gasteiger partial charge in [0.2, 0.25) is 0 Å². The third-order valence-corrected chi connectivity index (χ3v) is 2.93. The lowest BCUT2D eigenvalue weighted by atomic mass is 10.0. The molecule has 0 radical (unpaired) electrons. The summed E-state index contributed by atoms with van der Waals surface area (Å²) in [6.07, 6.45) is 7.23. The molecule has 0 bridgehead atoms. The van der Waals surface area contributed by atoms with Crippen LogP contribution in [0.2, 0.25) is 0 Å². The number of ether oxygens (including phenoxy) is 2. The first kappa shape index (κ1) is 11.9. The van der Waals surface area contributed by atoms with E-state index in [-0.39, 0.29) is 5.75 Å². The van der Waals surface area contributed by atoms with E-state index < -0.39 is 5.82 Å². The summed E-state index contributed by atoms with van der Waals surface area (Å²) in [4.78, 5) is 0. The zero-order valence-electron chi connectivity index (χ0n) is 9.62. The highest BCUT2D eigenvalue weighted by Gasteiger charge is 2.16. The largest absolute Gasteiger partial charge is 0.489 e. The SMILES string of the molecule is C#Cc1cccc(F)c1OCC1CCOCC1. The first-order chi connectivity index (χ1) is 8.31. The van der Waals surface area contributed by atoms with Crippen LogP contribution in [0.4, 0.5) is 4.39 Å². The highest BCUT2D eigenvalue weighted by molar-refractivity contribution is 5.45. The molecule has 0 atom stereocenters. The van der Waals surface area contributed by atoms with Gasteiger partial charge in [0.25, 0.3) is 0 Å². The fourth-order valence-electron chi connectivity index (χ4n) is 1.88. The summed E-state index contributed by atoms with van der Waals surface area (Å²) in [6, 6.07) is 4.63. The summed E-state index contributed by atoms with van der Waals surface area (Å²) >= 11 is 0. The van der Waals surface area contributed by atoms with Crippen molar-refractivity contribution >= 4 is 0 Å². The zero-order valence-corrected chi connectivity index (χ0v) is 9.62. The molecule has 1 saturated heterocycles. The van der Waals surface area contributed by atoms with Crippen LogP contribution in [0.5, 0.6) is 5.75 Å². The van der Waals surface area contributed by atoms with Crippen molar-refractivity contribution in [3.63, 3.8) is 0 Å². The zero-order chi connectivity index (χ0) is 12.1. The Labute approximate surface area is 101 Å². The quantitative estimate of drug-likeness (QED) is 0.748. The molecule has 90 valence electrons. The summed E-state index contributed by atoms with van der Waals surface area (Å²) in [5.41, 5.74) is 0.469. The lowest BCUT2D eigenvalue weighted by Crippen LogP contribution is -2.21. The van der Waals surface area contributed by atoms with E-state index >= 15 is 0 Å². The topological polar surface area (TPSA) is 18.5 Å². The van der Waals surface area contributed by atoms with E-state index in [2.05, 4.69) is 5.92 Å². The standard InChI is InChI=1S/C14H15FO2/c1-2-12-4-3-5-13(15)14(12)17-10-11-6-8-16-9-7-11/h1,3-5,11H,6-10H2. The highest BCUT2D eigenvalue weighted by Crippen LogP contribution is 2.24. The molecule has 2 nitrogen and oxygen atoms in total. The van der Waals surface area contributed by atoms with Crippen LogP contribution in [0.25, 0.3) is 0 Å². The summed E-state index contributed by atoms with van der Waals surface area (Å²) in [5, 5.41) is 0. The lowest BCUT2D eigenvalue weighted by molar-refractivity contribution is 0.0491.